The van der Waals surface area contributed by atoms with Crippen LogP contribution in [0.4, 0.5) is 0 Å². The van der Waals surface area contributed by atoms with Crippen molar-refractivity contribution in [3.63, 3.8) is 0 Å². The van der Waals surface area contributed by atoms with E-state index in [1.165, 1.54) is 17.5 Å². The third kappa shape index (κ3) is 6.39. The van der Waals surface area contributed by atoms with Crippen LogP contribution in [0.3, 0.4) is 0 Å². The van der Waals surface area contributed by atoms with Crippen molar-refractivity contribution >= 4 is 5.97 Å². The van der Waals surface area contributed by atoms with Crippen LogP contribution in [0.15, 0.2) is 24.3 Å². The maximum absolute atomic E-state index is 10.3. The summed E-state index contributed by atoms with van der Waals surface area (Å²) < 4.78 is 0. The molecule has 0 radical (unpaired) electrons. The minimum absolute atomic E-state index is 0.247. The van der Waals surface area contributed by atoms with Gasteiger partial charge in [-0.2, -0.15) is 0 Å². The molecule has 1 unspecified atom stereocenters. The second-order valence-electron chi connectivity index (χ2n) is 5.05. The molecule has 0 saturated heterocycles. The first-order valence-electron chi connectivity index (χ1n) is 7.14. The number of carboxylic acids is 1. The van der Waals surface area contributed by atoms with Gasteiger partial charge in [-0.25, -0.2) is 0 Å². The van der Waals surface area contributed by atoms with Crippen LogP contribution in [0.5, 0.6) is 0 Å². The quantitative estimate of drug-likeness (QED) is 0.673. The van der Waals surface area contributed by atoms with Crippen LogP contribution in [-0.2, 0) is 11.2 Å². The second-order valence-corrected chi connectivity index (χ2v) is 5.05. The molecule has 1 aromatic carbocycles. The Labute approximate surface area is 116 Å². The van der Waals surface area contributed by atoms with Gasteiger partial charge in [0.25, 0.3) is 0 Å². The summed E-state index contributed by atoms with van der Waals surface area (Å²) in [7, 11) is 0. The molecule has 3 nitrogen and oxygen atoms in total. The lowest BCUT2D eigenvalue weighted by atomic mass is 9.97. The van der Waals surface area contributed by atoms with E-state index < -0.39 is 5.97 Å². The van der Waals surface area contributed by atoms with E-state index in [0.29, 0.717) is 12.3 Å². The zero-order valence-electron chi connectivity index (χ0n) is 12.0. The highest BCUT2D eigenvalue weighted by Gasteiger charge is 2.02. The largest absolute Gasteiger partial charge is 0.481 e. The van der Waals surface area contributed by atoms with E-state index >= 15 is 0 Å². The average molecular weight is 263 g/mol. The summed E-state index contributed by atoms with van der Waals surface area (Å²) in [5.74, 6) is -0.0920. The average Bonchev–Trinajstić information content (AvgIpc) is 2.42. The molecular weight excluding hydrogens is 238 g/mol. The highest BCUT2D eigenvalue weighted by Crippen LogP contribution is 2.18. The maximum Gasteiger partial charge on any atom is 0.303 e. The summed E-state index contributed by atoms with van der Waals surface area (Å²) in [4.78, 5) is 10.3. The molecule has 0 fully saturated rings. The topological polar surface area (TPSA) is 49.3 Å². The van der Waals surface area contributed by atoms with Crippen LogP contribution in [0.2, 0.25) is 0 Å². The van der Waals surface area contributed by atoms with E-state index in [0.717, 1.165) is 19.5 Å². The van der Waals surface area contributed by atoms with Gasteiger partial charge in [-0.1, -0.05) is 38.1 Å². The molecule has 0 bridgehead atoms. The van der Waals surface area contributed by atoms with Crippen LogP contribution in [-0.4, -0.2) is 24.2 Å². The Kier molecular flexibility index (Phi) is 7.19. The number of carbonyl (C=O) groups is 1. The lowest BCUT2D eigenvalue weighted by molar-refractivity contribution is -0.137. The van der Waals surface area contributed by atoms with Gasteiger partial charge in [-0.3, -0.25) is 4.79 Å². The fourth-order valence-corrected chi connectivity index (χ4v) is 1.97. The minimum atomic E-state index is -0.720. The molecule has 0 aliphatic carbocycles. The Morgan fingerprint density at radius 1 is 1.26 bits per heavy atom. The standard InChI is InChI=1S/C16H25NO2/c1-3-13(2)15-8-6-14(7-9-15)10-12-17-11-4-5-16(18)19/h6-9,13,17H,3-5,10-12H2,1-2H3,(H,18,19). The van der Waals surface area contributed by atoms with Crippen molar-refractivity contribution in [3.8, 4) is 0 Å². The van der Waals surface area contributed by atoms with Gasteiger partial charge in [-0.05, 0) is 49.4 Å². The smallest absolute Gasteiger partial charge is 0.303 e. The van der Waals surface area contributed by atoms with Gasteiger partial charge < -0.3 is 10.4 Å². The van der Waals surface area contributed by atoms with Gasteiger partial charge in [0, 0.05) is 6.42 Å². The number of carboxylic acid groups (broad SMARTS) is 1. The molecule has 0 spiro atoms. The summed E-state index contributed by atoms with van der Waals surface area (Å²) in [6, 6.07) is 8.82. The molecule has 1 rings (SSSR count). The first-order chi connectivity index (χ1) is 9.13. The van der Waals surface area contributed by atoms with E-state index in [2.05, 4.69) is 43.4 Å². The summed E-state index contributed by atoms with van der Waals surface area (Å²) in [6.07, 6.45) is 3.11. The fraction of sp³-hybridized carbons (Fsp3) is 0.562. The van der Waals surface area contributed by atoms with E-state index in [1.54, 1.807) is 0 Å². The molecule has 1 atom stereocenters. The van der Waals surface area contributed by atoms with Gasteiger partial charge in [0.15, 0.2) is 0 Å². The summed E-state index contributed by atoms with van der Waals surface area (Å²) in [6.45, 7) is 6.14. The van der Waals surface area contributed by atoms with Crippen molar-refractivity contribution in [2.45, 2.75) is 45.4 Å². The van der Waals surface area contributed by atoms with Crippen LogP contribution in [0.25, 0.3) is 0 Å². The number of hydrogen-bond acceptors (Lipinski definition) is 2. The van der Waals surface area contributed by atoms with E-state index in [4.69, 9.17) is 5.11 Å². The molecule has 0 aliphatic heterocycles. The van der Waals surface area contributed by atoms with Gasteiger partial charge >= 0.3 is 5.97 Å². The van der Waals surface area contributed by atoms with Crippen molar-refractivity contribution in [1.82, 2.24) is 5.32 Å². The second kappa shape index (κ2) is 8.70. The van der Waals surface area contributed by atoms with Crippen molar-refractivity contribution in [1.29, 1.82) is 0 Å². The maximum atomic E-state index is 10.3. The van der Waals surface area contributed by atoms with E-state index in [9.17, 15) is 4.79 Å². The number of benzene rings is 1. The Hall–Kier alpha value is -1.35. The molecule has 0 aromatic heterocycles. The van der Waals surface area contributed by atoms with Gasteiger partial charge in [0.2, 0.25) is 0 Å². The SMILES string of the molecule is CCC(C)c1ccc(CCNCCCC(=O)O)cc1. The molecule has 1 aromatic rings. The molecule has 0 saturated carbocycles. The van der Waals surface area contributed by atoms with Gasteiger partial charge in [0.1, 0.15) is 0 Å². The summed E-state index contributed by atoms with van der Waals surface area (Å²) >= 11 is 0. The van der Waals surface area contributed by atoms with E-state index in [-0.39, 0.29) is 6.42 Å². The van der Waals surface area contributed by atoms with Gasteiger partial charge in [0.05, 0.1) is 0 Å². The monoisotopic (exact) mass is 263 g/mol. The first-order valence-corrected chi connectivity index (χ1v) is 7.14. The van der Waals surface area contributed by atoms with Crippen molar-refractivity contribution in [2.75, 3.05) is 13.1 Å². The number of nitrogens with one attached hydrogen (secondary N) is 1. The lowest BCUT2D eigenvalue weighted by Crippen LogP contribution is -2.19. The summed E-state index contributed by atoms with van der Waals surface area (Å²) in [5, 5.41) is 11.8. The zero-order valence-corrected chi connectivity index (χ0v) is 12.0. The fourth-order valence-electron chi connectivity index (χ4n) is 1.97. The third-order valence-electron chi connectivity index (χ3n) is 3.50. The number of rotatable bonds is 9. The number of aliphatic carboxylic acids is 1. The van der Waals surface area contributed by atoms with Crippen LogP contribution in [0.1, 0.15) is 50.2 Å². The Morgan fingerprint density at radius 2 is 1.95 bits per heavy atom. The third-order valence-corrected chi connectivity index (χ3v) is 3.50. The van der Waals surface area contributed by atoms with E-state index in [1.807, 2.05) is 0 Å². The van der Waals surface area contributed by atoms with Gasteiger partial charge in [-0.15, -0.1) is 0 Å². The molecule has 2 N–H and O–H groups in total. The minimum Gasteiger partial charge on any atom is -0.481 e. The molecule has 0 amide bonds. The first kappa shape index (κ1) is 15.7. The van der Waals surface area contributed by atoms with Crippen LogP contribution < -0.4 is 5.32 Å². The van der Waals surface area contributed by atoms with Crippen LogP contribution in [0, 0.1) is 0 Å². The predicted molar refractivity (Wildman–Crippen MR) is 78.6 cm³/mol. The molecule has 0 heterocycles. The summed E-state index contributed by atoms with van der Waals surface area (Å²) in [5.41, 5.74) is 2.73. The highest BCUT2D eigenvalue weighted by atomic mass is 16.4. The van der Waals surface area contributed by atoms with Crippen molar-refractivity contribution < 1.29 is 9.90 Å². The molecule has 106 valence electrons. The Bertz CT molecular complexity index is 373. The van der Waals surface area contributed by atoms with Crippen LogP contribution >= 0.6 is 0 Å². The highest BCUT2D eigenvalue weighted by molar-refractivity contribution is 5.66. The molecular formula is C16H25NO2. The van der Waals surface area contributed by atoms with Crippen molar-refractivity contribution in [3.05, 3.63) is 35.4 Å². The predicted octanol–water partition coefficient (Wildman–Crippen LogP) is 3.20. The molecule has 19 heavy (non-hydrogen) atoms. The normalized spacial score (nSPS) is 12.3. The van der Waals surface area contributed by atoms with Crippen molar-refractivity contribution in [2.24, 2.45) is 0 Å². The number of hydrogen-bond donors (Lipinski definition) is 2. The Balaban J connectivity index is 2.21. The molecule has 3 heteroatoms. The lowest BCUT2D eigenvalue weighted by Gasteiger charge is -2.10. The Morgan fingerprint density at radius 3 is 2.53 bits per heavy atom. The zero-order chi connectivity index (χ0) is 14.1. The molecule has 0 aliphatic rings.